The van der Waals surface area contributed by atoms with Gasteiger partial charge in [-0.15, -0.1) is 0 Å². The Bertz CT molecular complexity index is 636. The van der Waals surface area contributed by atoms with E-state index in [0.717, 1.165) is 10.0 Å². The van der Waals surface area contributed by atoms with Gasteiger partial charge in [0, 0.05) is 23.8 Å². The number of nitrogens with one attached hydrogen (secondary N) is 1. The molecule has 0 fully saturated rings. The summed E-state index contributed by atoms with van der Waals surface area (Å²) in [6.07, 6.45) is 1.52. The molecule has 1 heterocycles. The first-order valence-corrected chi connectivity index (χ1v) is 6.72. The largest absolute Gasteiger partial charge is 0.455 e. The highest BCUT2D eigenvalue weighted by molar-refractivity contribution is 9.10. The van der Waals surface area contributed by atoms with E-state index in [1.54, 1.807) is 25.2 Å². The molecule has 3 N–H and O–H groups in total. The molecule has 0 aliphatic rings. The average Bonchev–Trinajstić information content (AvgIpc) is 2.42. The molecule has 0 aliphatic heterocycles. The minimum Gasteiger partial charge on any atom is -0.455 e. The molecule has 104 valence electrons. The molecule has 0 aliphatic carbocycles. The van der Waals surface area contributed by atoms with Crippen molar-refractivity contribution in [3.05, 3.63) is 46.2 Å². The number of amides is 1. The zero-order valence-corrected chi connectivity index (χ0v) is 12.7. The summed E-state index contributed by atoms with van der Waals surface area (Å²) >= 11 is 3.37. The molecule has 0 bridgehead atoms. The molecule has 1 aromatic carbocycles. The number of aromatic nitrogens is 1. The maximum Gasteiger partial charge on any atom is 0.269 e. The minimum atomic E-state index is -0.268. The standard InChI is InChI=1S/C14H14BrN3O2/c1-8-5-9(15)6-11(16)13(8)20-10-3-4-18-12(7-10)14(19)17-2/h3-7H,16H2,1-2H3,(H,17,19). The van der Waals surface area contributed by atoms with Gasteiger partial charge >= 0.3 is 0 Å². The zero-order valence-electron chi connectivity index (χ0n) is 11.1. The monoisotopic (exact) mass is 335 g/mol. The quantitative estimate of drug-likeness (QED) is 0.845. The van der Waals surface area contributed by atoms with E-state index in [9.17, 15) is 4.79 Å². The second kappa shape index (κ2) is 5.92. The number of nitrogens with zero attached hydrogens (tertiary/aromatic N) is 1. The van der Waals surface area contributed by atoms with Gasteiger partial charge in [-0.1, -0.05) is 15.9 Å². The summed E-state index contributed by atoms with van der Waals surface area (Å²) < 4.78 is 6.65. The normalized spacial score (nSPS) is 10.2. The maximum absolute atomic E-state index is 11.5. The molecular weight excluding hydrogens is 322 g/mol. The SMILES string of the molecule is CNC(=O)c1cc(Oc2c(C)cc(Br)cc2N)ccn1. The van der Waals surface area contributed by atoms with Crippen LogP contribution in [0.5, 0.6) is 11.5 Å². The average molecular weight is 336 g/mol. The van der Waals surface area contributed by atoms with Crippen molar-refractivity contribution in [3.63, 3.8) is 0 Å². The van der Waals surface area contributed by atoms with Crippen LogP contribution in [-0.2, 0) is 0 Å². The number of carbonyl (C=O) groups is 1. The second-order valence-corrected chi connectivity index (χ2v) is 5.11. The fourth-order valence-electron chi connectivity index (χ4n) is 1.74. The summed E-state index contributed by atoms with van der Waals surface area (Å²) in [7, 11) is 1.55. The number of benzene rings is 1. The predicted molar refractivity (Wildman–Crippen MR) is 81.0 cm³/mol. The van der Waals surface area contributed by atoms with Crippen molar-refractivity contribution in [2.75, 3.05) is 12.8 Å². The number of hydrogen-bond acceptors (Lipinski definition) is 4. The number of carbonyl (C=O) groups excluding carboxylic acids is 1. The topological polar surface area (TPSA) is 77.2 Å². The van der Waals surface area contributed by atoms with Gasteiger partial charge in [0.2, 0.25) is 0 Å². The second-order valence-electron chi connectivity index (χ2n) is 4.20. The van der Waals surface area contributed by atoms with Gasteiger partial charge in [-0.2, -0.15) is 0 Å². The number of pyridine rings is 1. The number of ether oxygens (including phenoxy) is 1. The Morgan fingerprint density at radius 2 is 2.15 bits per heavy atom. The van der Waals surface area contributed by atoms with Crippen molar-refractivity contribution in [3.8, 4) is 11.5 Å². The summed E-state index contributed by atoms with van der Waals surface area (Å²) in [5, 5.41) is 2.51. The van der Waals surface area contributed by atoms with E-state index in [2.05, 4.69) is 26.2 Å². The van der Waals surface area contributed by atoms with E-state index in [1.807, 2.05) is 13.0 Å². The summed E-state index contributed by atoms with van der Waals surface area (Å²) in [4.78, 5) is 15.5. The van der Waals surface area contributed by atoms with E-state index < -0.39 is 0 Å². The van der Waals surface area contributed by atoms with Crippen LogP contribution in [-0.4, -0.2) is 17.9 Å². The first-order chi connectivity index (χ1) is 9.51. The number of nitrogen functional groups attached to an aromatic ring is 1. The van der Waals surface area contributed by atoms with Crippen LogP contribution >= 0.6 is 15.9 Å². The number of anilines is 1. The van der Waals surface area contributed by atoms with Gasteiger partial charge in [-0.3, -0.25) is 9.78 Å². The highest BCUT2D eigenvalue weighted by Crippen LogP contribution is 2.33. The minimum absolute atomic E-state index is 0.268. The first kappa shape index (κ1) is 14.3. The highest BCUT2D eigenvalue weighted by Gasteiger charge is 2.10. The molecule has 1 amide bonds. The lowest BCUT2D eigenvalue weighted by Gasteiger charge is -2.12. The van der Waals surface area contributed by atoms with E-state index in [-0.39, 0.29) is 5.91 Å². The van der Waals surface area contributed by atoms with Gasteiger partial charge in [0.05, 0.1) is 5.69 Å². The van der Waals surface area contributed by atoms with E-state index in [1.165, 1.54) is 6.20 Å². The van der Waals surface area contributed by atoms with Crippen LogP contribution < -0.4 is 15.8 Å². The number of halogens is 1. The number of nitrogens with two attached hydrogens (primary N) is 1. The van der Waals surface area contributed by atoms with Crippen LogP contribution in [0.1, 0.15) is 16.1 Å². The van der Waals surface area contributed by atoms with Crippen LogP contribution in [0.15, 0.2) is 34.9 Å². The van der Waals surface area contributed by atoms with Gasteiger partial charge in [0.25, 0.3) is 5.91 Å². The first-order valence-electron chi connectivity index (χ1n) is 5.93. The van der Waals surface area contributed by atoms with Crippen LogP contribution in [0.4, 0.5) is 5.69 Å². The Labute approximate surface area is 125 Å². The maximum atomic E-state index is 11.5. The molecule has 2 aromatic rings. The Hall–Kier alpha value is -2.08. The predicted octanol–water partition coefficient (Wildman–Crippen LogP) is 2.89. The molecule has 6 heteroatoms. The Morgan fingerprint density at radius 3 is 2.80 bits per heavy atom. The van der Waals surface area contributed by atoms with Gasteiger partial charge in [0.1, 0.15) is 11.4 Å². The smallest absolute Gasteiger partial charge is 0.269 e. The Kier molecular flexibility index (Phi) is 4.24. The van der Waals surface area contributed by atoms with Gasteiger partial charge in [-0.25, -0.2) is 0 Å². The third kappa shape index (κ3) is 3.08. The lowest BCUT2D eigenvalue weighted by Crippen LogP contribution is -2.18. The van der Waals surface area contributed by atoms with Gasteiger partial charge in [0.15, 0.2) is 5.75 Å². The van der Waals surface area contributed by atoms with Crippen molar-refractivity contribution in [1.29, 1.82) is 0 Å². The lowest BCUT2D eigenvalue weighted by atomic mass is 10.2. The van der Waals surface area contributed by atoms with Crippen LogP contribution in [0.2, 0.25) is 0 Å². The summed E-state index contributed by atoms with van der Waals surface area (Å²) in [5.74, 6) is 0.814. The van der Waals surface area contributed by atoms with E-state index >= 15 is 0 Å². The number of hydrogen-bond donors (Lipinski definition) is 2. The van der Waals surface area contributed by atoms with Crippen molar-refractivity contribution in [2.24, 2.45) is 0 Å². The molecule has 2 rings (SSSR count). The molecule has 5 nitrogen and oxygen atoms in total. The molecule has 0 saturated carbocycles. The molecule has 1 aromatic heterocycles. The van der Waals surface area contributed by atoms with Gasteiger partial charge in [-0.05, 0) is 30.7 Å². The highest BCUT2D eigenvalue weighted by atomic mass is 79.9. The molecule has 0 atom stereocenters. The Balaban J connectivity index is 2.33. The van der Waals surface area contributed by atoms with Crippen molar-refractivity contribution >= 4 is 27.5 Å². The van der Waals surface area contributed by atoms with Crippen LogP contribution in [0.3, 0.4) is 0 Å². The van der Waals surface area contributed by atoms with Crippen molar-refractivity contribution < 1.29 is 9.53 Å². The van der Waals surface area contributed by atoms with Crippen molar-refractivity contribution in [2.45, 2.75) is 6.92 Å². The fourth-order valence-corrected chi connectivity index (χ4v) is 2.33. The van der Waals surface area contributed by atoms with Gasteiger partial charge < -0.3 is 15.8 Å². The molecule has 20 heavy (non-hydrogen) atoms. The van der Waals surface area contributed by atoms with Crippen LogP contribution in [0.25, 0.3) is 0 Å². The van der Waals surface area contributed by atoms with Crippen molar-refractivity contribution in [1.82, 2.24) is 10.3 Å². The molecular formula is C14H14BrN3O2. The summed E-state index contributed by atoms with van der Waals surface area (Å²) in [6.45, 7) is 1.90. The lowest BCUT2D eigenvalue weighted by molar-refractivity contribution is 0.0958. The Morgan fingerprint density at radius 1 is 1.40 bits per heavy atom. The van der Waals surface area contributed by atoms with Crippen LogP contribution in [0, 0.1) is 6.92 Å². The summed E-state index contributed by atoms with van der Waals surface area (Å²) in [6, 6.07) is 6.92. The molecule has 0 spiro atoms. The zero-order chi connectivity index (χ0) is 14.7. The molecule has 0 unspecified atom stereocenters. The third-order valence-electron chi connectivity index (χ3n) is 2.68. The molecule has 0 radical (unpaired) electrons. The molecule has 0 saturated heterocycles. The fraction of sp³-hybridized carbons (Fsp3) is 0.143. The number of rotatable bonds is 3. The van der Waals surface area contributed by atoms with E-state index in [4.69, 9.17) is 10.5 Å². The third-order valence-corrected chi connectivity index (χ3v) is 3.14. The summed E-state index contributed by atoms with van der Waals surface area (Å²) in [5.41, 5.74) is 7.66. The number of aryl methyl sites for hydroxylation is 1. The van der Waals surface area contributed by atoms with E-state index in [0.29, 0.717) is 22.9 Å².